The van der Waals surface area contributed by atoms with Gasteiger partial charge in [0, 0.05) is 34.2 Å². The SMILES string of the molecule is CCCc1nn(-c2[c-]c(Oc3[c-]c4c(cc3)c3ccccc3n4-c3cc(C)ccn3)ccc2)c(C(C)(C)CC)c1-c1ccccc1.[Pt+2]. The van der Waals surface area contributed by atoms with Crippen molar-refractivity contribution in [3.8, 4) is 34.1 Å². The molecule has 0 saturated carbocycles. The van der Waals surface area contributed by atoms with Gasteiger partial charge in [0.05, 0.1) is 11.4 Å². The summed E-state index contributed by atoms with van der Waals surface area (Å²) >= 11 is 0. The third-order valence-corrected chi connectivity index (χ3v) is 8.92. The quantitative estimate of drug-likeness (QED) is 0.137. The maximum atomic E-state index is 6.49. The first-order valence-electron chi connectivity index (χ1n) is 16.1. The van der Waals surface area contributed by atoms with E-state index in [1.54, 1.807) is 0 Å². The van der Waals surface area contributed by atoms with Crippen LogP contribution >= 0.6 is 0 Å². The van der Waals surface area contributed by atoms with Crippen LogP contribution in [0.1, 0.15) is 57.5 Å². The van der Waals surface area contributed by atoms with Gasteiger partial charge in [-0.25, -0.2) is 4.98 Å². The average Bonchev–Trinajstić information content (AvgIpc) is 3.62. The third kappa shape index (κ3) is 6.05. The molecule has 0 fully saturated rings. The van der Waals surface area contributed by atoms with E-state index in [0.717, 1.165) is 63.8 Å². The summed E-state index contributed by atoms with van der Waals surface area (Å²) in [5, 5.41) is 7.49. The molecule has 238 valence electrons. The van der Waals surface area contributed by atoms with Gasteiger partial charge in [-0.15, -0.1) is 35.7 Å². The van der Waals surface area contributed by atoms with E-state index in [1.165, 1.54) is 16.8 Å². The molecular weight excluding hydrogens is 760 g/mol. The molecular formula is C41H38N4OPt. The van der Waals surface area contributed by atoms with Crippen LogP contribution in [-0.4, -0.2) is 19.3 Å². The largest absolute Gasteiger partial charge is 2.00 e. The van der Waals surface area contributed by atoms with E-state index in [-0.39, 0.29) is 26.5 Å². The van der Waals surface area contributed by atoms with E-state index < -0.39 is 0 Å². The van der Waals surface area contributed by atoms with Crippen molar-refractivity contribution in [2.75, 3.05) is 0 Å². The minimum Gasteiger partial charge on any atom is -0.509 e. The molecule has 0 aliphatic rings. The molecule has 0 radical (unpaired) electrons. The first kappa shape index (κ1) is 32.5. The monoisotopic (exact) mass is 797 g/mol. The van der Waals surface area contributed by atoms with E-state index in [0.29, 0.717) is 11.5 Å². The van der Waals surface area contributed by atoms with Crippen LogP contribution in [0.3, 0.4) is 0 Å². The van der Waals surface area contributed by atoms with Crippen molar-refractivity contribution in [3.63, 3.8) is 0 Å². The summed E-state index contributed by atoms with van der Waals surface area (Å²) in [5.41, 5.74) is 8.62. The Morgan fingerprint density at radius 2 is 1.57 bits per heavy atom. The number of fused-ring (bicyclic) bond motifs is 3. The zero-order valence-corrected chi connectivity index (χ0v) is 29.7. The maximum Gasteiger partial charge on any atom is 2.00 e. The Hall–Kier alpha value is -4.47. The van der Waals surface area contributed by atoms with Gasteiger partial charge < -0.3 is 9.30 Å². The Labute approximate surface area is 291 Å². The minimum absolute atomic E-state index is 0. The number of benzene rings is 4. The van der Waals surface area contributed by atoms with Crippen LogP contribution < -0.4 is 4.74 Å². The fourth-order valence-electron chi connectivity index (χ4n) is 6.30. The number of ether oxygens (including phenoxy) is 1. The zero-order chi connectivity index (χ0) is 31.8. The van der Waals surface area contributed by atoms with Crippen molar-refractivity contribution in [1.29, 1.82) is 0 Å². The summed E-state index contributed by atoms with van der Waals surface area (Å²) in [6, 6.07) is 40.4. The molecule has 0 amide bonds. The Morgan fingerprint density at radius 3 is 2.34 bits per heavy atom. The second kappa shape index (κ2) is 13.3. The summed E-state index contributed by atoms with van der Waals surface area (Å²) in [7, 11) is 0. The van der Waals surface area contributed by atoms with Crippen molar-refractivity contribution < 1.29 is 25.8 Å². The Kier molecular flexibility index (Phi) is 9.21. The molecule has 7 aromatic rings. The van der Waals surface area contributed by atoms with E-state index in [1.807, 2.05) is 30.5 Å². The van der Waals surface area contributed by atoms with Crippen LogP contribution in [0.25, 0.3) is 44.4 Å². The predicted octanol–water partition coefficient (Wildman–Crippen LogP) is 10.4. The van der Waals surface area contributed by atoms with Crippen molar-refractivity contribution in [3.05, 3.63) is 132 Å². The van der Waals surface area contributed by atoms with Crippen LogP contribution in [0.4, 0.5) is 0 Å². The molecule has 0 atom stereocenters. The number of nitrogens with zero attached hydrogens (tertiary/aromatic N) is 4. The van der Waals surface area contributed by atoms with Gasteiger partial charge in [0.1, 0.15) is 5.82 Å². The van der Waals surface area contributed by atoms with Gasteiger partial charge in [-0.3, -0.25) is 4.68 Å². The van der Waals surface area contributed by atoms with Gasteiger partial charge >= 0.3 is 21.1 Å². The number of aromatic nitrogens is 4. The topological polar surface area (TPSA) is 44.9 Å². The van der Waals surface area contributed by atoms with Crippen molar-refractivity contribution in [1.82, 2.24) is 19.3 Å². The molecule has 0 spiro atoms. The normalized spacial score (nSPS) is 11.6. The first-order chi connectivity index (χ1) is 22.4. The fraction of sp³-hybridized carbons (Fsp3) is 0.220. The molecule has 0 unspecified atom stereocenters. The Balaban J connectivity index is 0.00000386. The standard InChI is InChI=1S/C41H38N4O.Pt/c1-6-14-35-39(29-15-9-8-10-16-29)40(41(4,5)7-2)45(43-35)30-17-13-18-31(26-30)46-32-21-22-34-33-19-11-12-20-36(33)44(37(34)27-32)38-25-28(3)23-24-42-38;/h8-13,15-25H,6-7,14H2,1-5H3;/q-2;+2. The molecule has 3 heterocycles. The van der Waals surface area contributed by atoms with Gasteiger partial charge in [0.25, 0.3) is 0 Å². The van der Waals surface area contributed by atoms with E-state index in [4.69, 9.17) is 14.8 Å². The smallest absolute Gasteiger partial charge is 0.509 e. The second-order valence-corrected chi connectivity index (χ2v) is 12.6. The van der Waals surface area contributed by atoms with Gasteiger partial charge in [0.2, 0.25) is 0 Å². The summed E-state index contributed by atoms with van der Waals surface area (Å²) in [4.78, 5) is 4.71. The van der Waals surface area contributed by atoms with E-state index >= 15 is 0 Å². The molecule has 0 saturated heterocycles. The number of para-hydroxylation sites is 1. The van der Waals surface area contributed by atoms with Crippen molar-refractivity contribution in [2.24, 2.45) is 0 Å². The Bertz CT molecular complexity index is 2180. The fourth-order valence-corrected chi connectivity index (χ4v) is 6.30. The molecule has 6 heteroatoms. The van der Waals surface area contributed by atoms with E-state index in [2.05, 4.69) is 129 Å². The zero-order valence-electron chi connectivity index (χ0n) is 27.4. The number of hydrogen-bond acceptors (Lipinski definition) is 3. The number of aryl methyl sites for hydroxylation is 2. The first-order valence-corrected chi connectivity index (χ1v) is 16.1. The van der Waals surface area contributed by atoms with Crippen molar-refractivity contribution in [2.45, 2.75) is 59.3 Å². The molecule has 0 aliphatic carbocycles. The third-order valence-electron chi connectivity index (χ3n) is 8.92. The molecule has 4 aromatic carbocycles. The van der Waals surface area contributed by atoms with Crippen LogP contribution in [0.2, 0.25) is 0 Å². The number of hydrogen-bond donors (Lipinski definition) is 0. The van der Waals surface area contributed by atoms with Crippen LogP contribution in [0.5, 0.6) is 11.5 Å². The van der Waals surface area contributed by atoms with Crippen LogP contribution in [-0.2, 0) is 32.9 Å². The molecule has 5 nitrogen and oxygen atoms in total. The van der Waals surface area contributed by atoms with Crippen LogP contribution in [0, 0.1) is 19.1 Å². The summed E-state index contributed by atoms with van der Waals surface area (Å²) in [6.45, 7) is 11.1. The second-order valence-electron chi connectivity index (χ2n) is 12.6. The molecule has 3 aromatic heterocycles. The molecule has 0 bridgehead atoms. The van der Waals surface area contributed by atoms with E-state index in [9.17, 15) is 0 Å². The number of pyridine rings is 1. The molecule has 0 N–H and O–H groups in total. The summed E-state index contributed by atoms with van der Waals surface area (Å²) in [6.07, 6.45) is 4.74. The average molecular weight is 798 g/mol. The summed E-state index contributed by atoms with van der Waals surface area (Å²) < 4.78 is 10.7. The number of rotatable bonds is 9. The molecule has 0 aliphatic heterocycles. The van der Waals surface area contributed by atoms with Gasteiger partial charge in [0.15, 0.2) is 0 Å². The maximum absolute atomic E-state index is 6.49. The summed E-state index contributed by atoms with van der Waals surface area (Å²) in [5.74, 6) is 2.08. The predicted molar refractivity (Wildman–Crippen MR) is 187 cm³/mol. The Morgan fingerprint density at radius 1 is 0.809 bits per heavy atom. The minimum atomic E-state index is -0.120. The molecule has 7 rings (SSSR count). The molecule has 47 heavy (non-hydrogen) atoms. The van der Waals surface area contributed by atoms with Crippen LogP contribution in [0.15, 0.2) is 103 Å². The van der Waals surface area contributed by atoms with Gasteiger partial charge in [-0.05, 0) is 60.2 Å². The van der Waals surface area contributed by atoms with Gasteiger partial charge in [-0.2, -0.15) is 17.2 Å². The van der Waals surface area contributed by atoms with Crippen molar-refractivity contribution >= 4 is 21.8 Å². The van der Waals surface area contributed by atoms with Gasteiger partial charge in [-0.1, -0.05) is 88.2 Å².